The number of benzene rings is 3. The second-order valence-electron chi connectivity index (χ2n) is 11.9. The van der Waals surface area contributed by atoms with E-state index in [-0.39, 0.29) is 17.9 Å². The lowest BCUT2D eigenvalue weighted by Crippen LogP contribution is -2.46. The van der Waals surface area contributed by atoms with Crippen LogP contribution in [0, 0.1) is 5.92 Å². The van der Waals surface area contributed by atoms with Crippen LogP contribution in [0.5, 0.6) is 11.5 Å². The van der Waals surface area contributed by atoms with Gasteiger partial charge in [-0.3, -0.25) is 9.69 Å². The van der Waals surface area contributed by atoms with E-state index in [1.54, 1.807) is 19.2 Å². The number of carboxylic acids is 2. The first kappa shape index (κ1) is 34.6. The zero-order chi connectivity index (χ0) is 32.6. The van der Waals surface area contributed by atoms with Crippen LogP contribution in [-0.2, 0) is 11.2 Å². The van der Waals surface area contributed by atoms with Gasteiger partial charge in [0.2, 0.25) is 0 Å². The number of hydrogen-bond donors (Lipinski definition) is 2. The largest absolute Gasteiger partial charge is 0.495 e. The first-order valence-corrected chi connectivity index (χ1v) is 16.5. The van der Waals surface area contributed by atoms with Crippen molar-refractivity contribution < 1.29 is 29.3 Å². The predicted molar refractivity (Wildman–Crippen MR) is 183 cm³/mol. The summed E-state index contributed by atoms with van der Waals surface area (Å²) in [6, 6.07) is 23.3. The van der Waals surface area contributed by atoms with Gasteiger partial charge in [0.1, 0.15) is 11.5 Å². The number of para-hydroxylation sites is 3. The van der Waals surface area contributed by atoms with Crippen molar-refractivity contribution in [2.45, 2.75) is 51.4 Å². The lowest BCUT2D eigenvalue weighted by Gasteiger charge is -2.36. The maximum Gasteiger partial charge on any atom is 0.335 e. The van der Waals surface area contributed by atoms with E-state index in [9.17, 15) is 14.7 Å². The van der Waals surface area contributed by atoms with E-state index < -0.39 is 11.9 Å². The smallest absolute Gasteiger partial charge is 0.335 e. The number of unbranched alkanes of at least 4 members (excludes halogenated alkanes) is 3. The summed E-state index contributed by atoms with van der Waals surface area (Å²) in [5.41, 5.74) is 3.52. The van der Waals surface area contributed by atoms with Gasteiger partial charge in [-0.1, -0.05) is 61.0 Å². The number of nitrogens with zero attached hydrogens (tertiary/aromatic N) is 2. The molecule has 1 atom stereocenters. The van der Waals surface area contributed by atoms with Gasteiger partial charge in [0.15, 0.2) is 0 Å². The fourth-order valence-electron chi connectivity index (χ4n) is 5.92. The number of ether oxygens (including phenoxy) is 2. The molecule has 46 heavy (non-hydrogen) atoms. The van der Waals surface area contributed by atoms with Crippen LogP contribution in [0.2, 0.25) is 0 Å². The standard InChI is InChI=1S/C38H48N2O6/c1-45-36-15-7-5-13-34(36)40-26-24-39(25-27-40)23-9-2-10-28-46-35-14-6-4-12-32(35)20-17-30(11-3-8-16-37(41)42)29-31-18-21-33(22-19-31)38(43)44/h4-7,12-15,17-22,30H,2-3,8-11,16,23-29H2,1H3,(H,41,42)(H,43,44)/b20-17+. The molecule has 1 aliphatic heterocycles. The van der Waals surface area contributed by atoms with Crippen molar-refractivity contribution in [1.82, 2.24) is 4.90 Å². The molecule has 3 aromatic rings. The minimum absolute atomic E-state index is 0.168. The molecule has 1 fully saturated rings. The molecule has 0 radical (unpaired) electrons. The molecule has 1 saturated heterocycles. The van der Waals surface area contributed by atoms with Gasteiger partial charge >= 0.3 is 11.9 Å². The fraction of sp³-hybridized carbons (Fsp3) is 0.421. The molecule has 2 N–H and O–H groups in total. The quantitative estimate of drug-likeness (QED) is 0.134. The molecule has 0 spiro atoms. The van der Waals surface area contributed by atoms with Gasteiger partial charge in [-0.15, -0.1) is 0 Å². The maximum absolute atomic E-state index is 11.2. The number of hydrogen-bond acceptors (Lipinski definition) is 6. The summed E-state index contributed by atoms with van der Waals surface area (Å²) in [6.07, 6.45) is 10.8. The van der Waals surface area contributed by atoms with Gasteiger partial charge in [-0.05, 0) is 86.9 Å². The summed E-state index contributed by atoms with van der Waals surface area (Å²) in [5, 5.41) is 18.2. The lowest BCUT2D eigenvalue weighted by molar-refractivity contribution is -0.137. The number of carboxylic acid groups (broad SMARTS) is 2. The highest BCUT2D eigenvalue weighted by Gasteiger charge is 2.19. The third kappa shape index (κ3) is 11.2. The van der Waals surface area contributed by atoms with Crippen molar-refractivity contribution >= 4 is 23.7 Å². The van der Waals surface area contributed by atoms with E-state index in [1.807, 2.05) is 42.5 Å². The molecular formula is C38H48N2O6. The Hall–Kier alpha value is -4.30. The second-order valence-corrected chi connectivity index (χ2v) is 11.9. The first-order chi connectivity index (χ1) is 22.4. The molecule has 0 saturated carbocycles. The molecular weight excluding hydrogens is 580 g/mol. The highest BCUT2D eigenvalue weighted by atomic mass is 16.5. The Labute approximate surface area is 273 Å². The van der Waals surface area contributed by atoms with Crippen LogP contribution in [0.25, 0.3) is 6.08 Å². The average Bonchev–Trinajstić information content (AvgIpc) is 3.07. The van der Waals surface area contributed by atoms with E-state index >= 15 is 0 Å². The lowest BCUT2D eigenvalue weighted by atomic mass is 9.92. The van der Waals surface area contributed by atoms with Gasteiger partial charge in [0.25, 0.3) is 0 Å². The SMILES string of the molecule is COc1ccccc1N1CCN(CCCCCOc2ccccc2/C=C/C(CCCCC(=O)O)Cc2ccc(C(=O)O)cc2)CC1. The molecule has 0 aliphatic carbocycles. The van der Waals surface area contributed by atoms with Crippen LogP contribution >= 0.6 is 0 Å². The van der Waals surface area contributed by atoms with Crippen molar-refractivity contribution in [2.24, 2.45) is 5.92 Å². The molecule has 1 unspecified atom stereocenters. The summed E-state index contributed by atoms with van der Waals surface area (Å²) in [7, 11) is 1.73. The normalized spacial score (nSPS) is 14.3. The van der Waals surface area contributed by atoms with Crippen LogP contribution in [0.4, 0.5) is 5.69 Å². The number of rotatable bonds is 19. The number of carbonyl (C=O) groups is 2. The summed E-state index contributed by atoms with van der Waals surface area (Å²) < 4.78 is 11.8. The summed E-state index contributed by atoms with van der Waals surface area (Å²) in [6.45, 7) is 5.90. The maximum atomic E-state index is 11.2. The molecule has 8 heteroatoms. The van der Waals surface area contributed by atoms with Crippen LogP contribution in [0.1, 0.15) is 66.4 Å². The number of anilines is 1. The third-order valence-electron chi connectivity index (χ3n) is 8.56. The molecule has 0 aromatic heterocycles. The summed E-state index contributed by atoms with van der Waals surface area (Å²) >= 11 is 0. The number of allylic oxidation sites excluding steroid dienone is 1. The zero-order valence-corrected chi connectivity index (χ0v) is 27.0. The van der Waals surface area contributed by atoms with Crippen molar-refractivity contribution in [1.29, 1.82) is 0 Å². The molecule has 246 valence electrons. The van der Waals surface area contributed by atoms with Gasteiger partial charge < -0.3 is 24.6 Å². The molecule has 1 heterocycles. The predicted octanol–water partition coefficient (Wildman–Crippen LogP) is 7.28. The minimum Gasteiger partial charge on any atom is -0.495 e. The summed E-state index contributed by atoms with van der Waals surface area (Å²) in [5.74, 6) is 0.277. The number of aliphatic carboxylic acids is 1. The van der Waals surface area contributed by atoms with Gasteiger partial charge in [0, 0.05) is 38.2 Å². The highest BCUT2D eigenvalue weighted by Crippen LogP contribution is 2.28. The number of methoxy groups -OCH3 is 1. The minimum atomic E-state index is -0.937. The van der Waals surface area contributed by atoms with Crippen molar-refractivity contribution in [3.63, 3.8) is 0 Å². The van der Waals surface area contributed by atoms with Gasteiger partial charge in [0.05, 0.1) is 25.0 Å². The molecule has 4 rings (SSSR count). The highest BCUT2D eigenvalue weighted by molar-refractivity contribution is 5.87. The van der Waals surface area contributed by atoms with E-state index in [0.29, 0.717) is 13.0 Å². The monoisotopic (exact) mass is 628 g/mol. The van der Waals surface area contributed by atoms with Gasteiger partial charge in [-0.25, -0.2) is 4.79 Å². The Morgan fingerprint density at radius 1 is 0.826 bits per heavy atom. The first-order valence-electron chi connectivity index (χ1n) is 16.5. The molecule has 8 nitrogen and oxygen atoms in total. The molecule has 3 aromatic carbocycles. The third-order valence-corrected chi connectivity index (χ3v) is 8.56. The van der Waals surface area contributed by atoms with Crippen LogP contribution in [-0.4, -0.2) is 73.5 Å². The van der Waals surface area contributed by atoms with Crippen molar-refractivity contribution in [3.8, 4) is 11.5 Å². The molecule has 0 bridgehead atoms. The second kappa shape index (κ2) is 18.6. The molecule has 1 aliphatic rings. The Balaban J connectivity index is 1.22. The van der Waals surface area contributed by atoms with Crippen LogP contribution in [0.15, 0.2) is 78.9 Å². The van der Waals surface area contributed by atoms with Crippen LogP contribution in [0.3, 0.4) is 0 Å². The summed E-state index contributed by atoms with van der Waals surface area (Å²) in [4.78, 5) is 27.2. The molecule has 0 amide bonds. The van der Waals surface area contributed by atoms with E-state index in [4.69, 9.17) is 14.6 Å². The number of aromatic carboxylic acids is 1. The number of piperazine rings is 1. The van der Waals surface area contributed by atoms with E-state index in [2.05, 4.69) is 40.2 Å². The van der Waals surface area contributed by atoms with E-state index in [1.165, 1.54) is 5.69 Å². The van der Waals surface area contributed by atoms with Crippen molar-refractivity contribution in [3.05, 3.63) is 95.6 Å². The average molecular weight is 629 g/mol. The van der Waals surface area contributed by atoms with Gasteiger partial charge in [-0.2, -0.15) is 0 Å². The van der Waals surface area contributed by atoms with Crippen molar-refractivity contribution in [2.75, 3.05) is 51.3 Å². The van der Waals surface area contributed by atoms with E-state index in [0.717, 1.165) is 93.9 Å². The fourth-order valence-corrected chi connectivity index (χ4v) is 5.92. The Morgan fingerprint density at radius 2 is 1.54 bits per heavy atom. The Morgan fingerprint density at radius 3 is 2.26 bits per heavy atom. The topological polar surface area (TPSA) is 99.5 Å². The Kier molecular flexibility index (Phi) is 14.0. The zero-order valence-electron chi connectivity index (χ0n) is 27.0. The Bertz CT molecular complexity index is 1400. The van der Waals surface area contributed by atoms with Crippen LogP contribution < -0.4 is 14.4 Å².